The van der Waals surface area contributed by atoms with E-state index in [1.54, 1.807) is 25.1 Å². The molecule has 0 aliphatic carbocycles. The summed E-state index contributed by atoms with van der Waals surface area (Å²) in [6.45, 7) is 0.326. The van der Waals surface area contributed by atoms with Gasteiger partial charge in [0.25, 0.3) is 0 Å². The summed E-state index contributed by atoms with van der Waals surface area (Å²) in [6, 6.07) is 10.4. The van der Waals surface area contributed by atoms with Gasteiger partial charge < -0.3 is 20.7 Å². The normalized spacial score (nSPS) is 11.4. The lowest BCUT2D eigenvalue weighted by atomic mass is 10.1. The first kappa shape index (κ1) is 26.5. The van der Waals surface area contributed by atoms with Gasteiger partial charge in [0, 0.05) is 24.8 Å². The van der Waals surface area contributed by atoms with Gasteiger partial charge in [-0.2, -0.15) is 13.2 Å². The number of halogens is 5. The van der Waals surface area contributed by atoms with Gasteiger partial charge in [0.1, 0.15) is 11.6 Å². The molecule has 0 aromatic heterocycles. The summed E-state index contributed by atoms with van der Waals surface area (Å²) >= 11 is 0. The number of nitrogens with one attached hydrogen (secondary N) is 3. The molecule has 170 valence electrons. The monoisotopic (exact) mass is 554 g/mol. The summed E-state index contributed by atoms with van der Waals surface area (Å²) in [6.07, 6.45) is -4.44. The highest BCUT2D eigenvalue weighted by atomic mass is 127. The third-order valence-corrected chi connectivity index (χ3v) is 3.81. The molecule has 6 nitrogen and oxygen atoms in total. The van der Waals surface area contributed by atoms with E-state index in [0.29, 0.717) is 11.3 Å². The van der Waals surface area contributed by atoms with E-state index in [1.807, 2.05) is 0 Å². The number of nitrogens with zero attached hydrogens (tertiary/aromatic N) is 1. The molecule has 0 saturated carbocycles. The van der Waals surface area contributed by atoms with Crippen LogP contribution in [-0.4, -0.2) is 38.2 Å². The number of amides is 1. The maximum atomic E-state index is 13.2. The summed E-state index contributed by atoms with van der Waals surface area (Å²) < 4.78 is 55.5. The van der Waals surface area contributed by atoms with Gasteiger partial charge in [-0.3, -0.25) is 9.79 Å². The van der Waals surface area contributed by atoms with Crippen LogP contribution in [0.3, 0.4) is 0 Å². The largest absolute Gasteiger partial charge is 0.484 e. The Morgan fingerprint density at radius 1 is 1.13 bits per heavy atom. The number of hydrogen-bond acceptors (Lipinski definition) is 3. The average molecular weight is 554 g/mol. The van der Waals surface area contributed by atoms with Crippen LogP contribution in [0.2, 0.25) is 0 Å². The van der Waals surface area contributed by atoms with Crippen LogP contribution in [0.1, 0.15) is 11.1 Å². The molecular formula is C20H23F4IN4O2. The van der Waals surface area contributed by atoms with Crippen LogP contribution in [0.15, 0.2) is 47.5 Å². The average Bonchev–Trinajstić information content (AvgIpc) is 2.67. The molecule has 0 radical (unpaired) electrons. The van der Waals surface area contributed by atoms with Crippen molar-refractivity contribution in [2.45, 2.75) is 19.6 Å². The molecule has 0 heterocycles. The van der Waals surface area contributed by atoms with Crippen molar-refractivity contribution in [3.05, 3.63) is 59.4 Å². The van der Waals surface area contributed by atoms with Crippen molar-refractivity contribution < 1.29 is 27.1 Å². The quantitative estimate of drug-likeness (QED) is 0.210. The fraction of sp³-hybridized carbons (Fsp3) is 0.300. The number of ether oxygens (including phenoxy) is 1. The fourth-order valence-electron chi connectivity index (χ4n) is 2.44. The molecule has 11 heteroatoms. The highest BCUT2D eigenvalue weighted by Crippen LogP contribution is 2.23. The SMILES string of the molecule is CN=C(NCC(=O)Nc1cccc(F)c1)NCc1ccc(C)cc1OCC(F)(F)F.I. The standard InChI is InChI=1S/C20H22F4N4O2.HI/c1-13-6-7-14(17(8-13)30-12-20(22,23)24)10-26-19(25-2)27-11-18(29)28-16-5-3-4-15(21)9-16;/h3-9H,10-12H2,1-2H3,(H,28,29)(H2,25,26,27);1H. The van der Waals surface area contributed by atoms with Crippen LogP contribution in [0, 0.1) is 12.7 Å². The number of hydrogen-bond donors (Lipinski definition) is 3. The zero-order valence-corrected chi connectivity index (χ0v) is 19.2. The number of alkyl halides is 3. The third-order valence-electron chi connectivity index (χ3n) is 3.81. The molecule has 2 aromatic rings. The van der Waals surface area contributed by atoms with E-state index in [2.05, 4.69) is 20.9 Å². The summed E-state index contributed by atoms with van der Waals surface area (Å²) in [4.78, 5) is 15.9. The van der Waals surface area contributed by atoms with E-state index in [-0.39, 0.29) is 48.8 Å². The van der Waals surface area contributed by atoms with E-state index < -0.39 is 24.5 Å². The van der Waals surface area contributed by atoms with Gasteiger partial charge in [-0.15, -0.1) is 24.0 Å². The Morgan fingerprint density at radius 3 is 2.52 bits per heavy atom. The minimum Gasteiger partial charge on any atom is -0.484 e. The predicted octanol–water partition coefficient (Wildman–Crippen LogP) is 4.00. The fourth-order valence-corrected chi connectivity index (χ4v) is 2.44. The maximum absolute atomic E-state index is 13.2. The Balaban J connectivity index is 0.00000480. The van der Waals surface area contributed by atoms with Gasteiger partial charge in [-0.25, -0.2) is 4.39 Å². The molecule has 3 N–H and O–H groups in total. The number of carbonyl (C=O) groups excluding carboxylic acids is 1. The molecular weight excluding hydrogens is 531 g/mol. The Labute approximate surface area is 194 Å². The van der Waals surface area contributed by atoms with Crippen molar-refractivity contribution in [3.63, 3.8) is 0 Å². The third kappa shape index (κ3) is 9.85. The molecule has 31 heavy (non-hydrogen) atoms. The first-order valence-electron chi connectivity index (χ1n) is 8.95. The molecule has 0 aliphatic rings. The number of carbonyl (C=O) groups is 1. The Hall–Kier alpha value is -2.57. The van der Waals surface area contributed by atoms with Crippen molar-refractivity contribution in [1.29, 1.82) is 0 Å². The number of aryl methyl sites for hydroxylation is 1. The molecule has 0 spiro atoms. The minimum atomic E-state index is -4.44. The van der Waals surface area contributed by atoms with E-state index in [9.17, 15) is 22.4 Å². The smallest absolute Gasteiger partial charge is 0.422 e. The van der Waals surface area contributed by atoms with Crippen LogP contribution in [0.5, 0.6) is 5.75 Å². The van der Waals surface area contributed by atoms with Gasteiger partial charge >= 0.3 is 6.18 Å². The topological polar surface area (TPSA) is 74.8 Å². The highest BCUT2D eigenvalue weighted by molar-refractivity contribution is 14.0. The number of guanidine groups is 1. The van der Waals surface area contributed by atoms with Gasteiger partial charge in [0.2, 0.25) is 5.91 Å². The summed E-state index contributed by atoms with van der Waals surface area (Å²) in [5.74, 6) is -0.529. The van der Waals surface area contributed by atoms with Crippen LogP contribution < -0.4 is 20.7 Å². The molecule has 0 unspecified atom stereocenters. The number of rotatable bonds is 7. The molecule has 2 rings (SSSR count). The summed E-state index contributed by atoms with van der Waals surface area (Å²) in [5, 5.41) is 8.21. The van der Waals surface area contributed by atoms with Crippen molar-refractivity contribution in [1.82, 2.24) is 10.6 Å². The molecule has 0 aliphatic heterocycles. The Kier molecular flexibility index (Phi) is 10.5. The number of aliphatic imine (C=N–C) groups is 1. The van der Waals surface area contributed by atoms with E-state index in [4.69, 9.17) is 4.74 Å². The van der Waals surface area contributed by atoms with Crippen LogP contribution in [0.25, 0.3) is 0 Å². The maximum Gasteiger partial charge on any atom is 0.422 e. The second kappa shape index (κ2) is 12.3. The highest BCUT2D eigenvalue weighted by Gasteiger charge is 2.28. The molecule has 0 bridgehead atoms. The summed E-state index contributed by atoms with van der Waals surface area (Å²) in [5.41, 5.74) is 1.57. The first-order valence-corrected chi connectivity index (χ1v) is 8.95. The van der Waals surface area contributed by atoms with E-state index >= 15 is 0 Å². The minimum absolute atomic E-state index is 0. The van der Waals surface area contributed by atoms with Crippen molar-refractivity contribution >= 4 is 41.5 Å². The Bertz CT molecular complexity index is 907. The lowest BCUT2D eigenvalue weighted by Crippen LogP contribution is -2.41. The number of benzene rings is 2. The van der Waals surface area contributed by atoms with Crippen LogP contribution >= 0.6 is 24.0 Å². The zero-order chi connectivity index (χ0) is 22.1. The molecule has 2 aromatic carbocycles. The number of anilines is 1. The zero-order valence-electron chi connectivity index (χ0n) is 16.8. The van der Waals surface area contributed by atoms with E-state index in [1.165, 1.54) is 31.3 Å². The first-order chi connectivity index (χ1) is 14.2. The second-order valence-electron chi connectivity index (χ2n) is 6.35. The van der Waals surface area contributed by atoms with Crippen molar-refractivity contribution in [2.24, 2.45) is 4.99 Å². The van der Waals surface area contributed by atoms with E-state index in [0.717, 1.165) is 5.56 Å². The van der Waals surface area contributed by atoms with Crippen LogP contribution in [-0.2, 0) is 11.3 Å². The summed E-state index contributed by atoms with van der Waals surface area (Å²) in [7, 11) is 1.48. The van der Waals surface area contributed by atoms with Gasteiger partial charge in [-0.1, -0.05) is 18.2 Å². The lowest BCUT2D eigenvalue weighted by Gasteiger charge is -2.16. The van der Waals surface area contributed by atoms with Gasteiger partial charge in [0.05, 0.1) is 6.54 Å². The van der Waals surface area contributed by atoms with Crippen LogP contribution in [0.4, 0.5) is 23.2 Å². The second-order valence-corrected chi connectivity index (χ2v) is 6.35. The Morgan fingerprint density at radius 2 is 1.87 bits per heavy atom. The van der Waals surface area contributed by atoms with Gasteiger partial charge in [-0.05, 0) is 36.8 Å². The lowest BCUT2D eigenvalue weighted by molar-refractivity contribution is -0.153. The molecule has 0 atom stereocenters. The van der Waals surface area contributed by atoms with Crippen molar-refractivity contribution in [2.75, 3.05) is 25.5 Å². The predicted molar refractivity (Wildman–Crippen MR) is 121 cm³/mol. The van der Waals surface area contributed by atoms with Gasteiger partial charge in [0.15, 0.2) is 12.6 Å². The molecule has 1 amide bonds. The molecule has 0 saturated heterocycles. The molecule has 0 fully saturated rings. The van der Waals surface area contributed by atoms with Crippen molar-refractivity contribution in [3.8, 4) is 5.75 Å².